The molecule has 384 valence electrons. The quantitative estimate of drug-likeness (QED) is 0.0111. The molecule has 1 aliphatic carbocycles. The van der Waals surface area contributed by atoms with E-state index in [2.05, 4.69) is 74.6 Å². The molecule has 1 saturated carbocycles. The molecule has 15 heteroatoms. The molecule has 0 bridgehead atoms. The van der Waals surface area contributed by atoms with Crippen LogP contribution in [-0.2, 0) is 37.4 Å². The van der Waals surface area contributed by atoms with Crippen molar-refractivity contribution in [2.24, 2.45) is 0 Å². The van der Waals surface area contributed by atoms with Crippen molar-refractivity contribution in [3.8, 4) is 0 Å². The lowest BCUT2D eigenvalue weighted by Gasteiger charge is -2.41. The average Bonchev–Trinajstić information content (AvgIpc) is 4.07. The number of phosphoric ester groups is 1. The molecule has 67 heavy (non-hydrogen) atoms. The largest absolute Gasteiger partial charge is 0.472 e. The van der Waals surface area contributed by atoms with Crippen LogP contribution in [0.2, 0.25) is 0 Å². The highest BCUT2D eigenvalue weighted by molar-refractivity contribution is 7.47. The maximum Gasteiger partial charge on any atom is 0.472 e. The Morgan fingerprint density at radius 3 is 1.52 bits per heavy atom. The van der Waals surface area contributed by atoms with Gasteiger partial charge >= 0.3 is 19.8 Å². The van der Waals surface area contributed by atoms with Crippen LogP contribution >= 0.6 is 7.82 Å². The van der Waals surface area contributed by atoms with Crippen molar-refractivity contribution in [2.45, 2.75) is 229 Å². The van der Waals surface area contributed by atoms with Gasteiger partial charge in [0.15, 0.2) is 6.10 Å². The van der Waals surface area contributed by atoms with Crippen molar-refractivity contribution in [3.05, 3.63) is 72.9 Å². The lowest BCUT2D eigenvalue weighted by Crippen LogP contribution is -2.64. The van der Waals surface area contributed by atoms with Gasteiger partial charge in [0.25, 0.3) is 0 Å². The van der Waals surface area contributed by atoms with Crippen LogP contribution in [-0.4, -0.2) is 111 Å². The van der Waals surface area contributed by atoms with Gasteiger partial charge in [-0.25, -0.2) is 4.57 Å². The SMILES string of the molecule is CCCCC/C=C\C/C=C\CC1OC1C/C=C\CCCC(=O)OC[C@H](COP(=O)(O)OC1[C@H](O)[C@H](O)C(O)[C@H](O)[C@H]1O)OC(=O)CCCCCCCC/C=C\C/C=C\C/C=C\CCCCCC. The first kappa shape index (κ1) is 60.4. The lowest BCUT2D eigenvalue weighted by atomic mass is 9.85. The number of carbonyl (C=O) groups is 2. The van der Waals surface area contributed by atoms with Gasteiger partial charge in [-0.1, -0.05) is 145 Å². The van der Waals surface area contributed by atoms with Gasteiger partial charge in [0.05, 0.1) is 18.8 Å². The number of hydrogen-bond donors (Lipinski definition) is 6. The van der Waals surface area contributed by atoms with E-state index in [1.54, 1.807) is 0 Å². The highest BCUT2D eigenvalue weighted by Gasteiger charge is 2.51. The van der Waals surface area contributed by atoms with E-state index < -0.39 is 75.7 Å². The van der Waals surface area contributed by atoms with Crippen LogP contribution < -0.4 is 0 Å². The molecule has 1 saturated heterocycles. The minimum atomic E-state index is -5.15. The number of epoxide rings is 1. The highest BCUT2D eigenvalue weighted by Crippen LogP contribution is 2.47. The predicted molar refractivity (Wildman–Crippen MR) is 262 cm³/mol. The summed E-state index contributed by atoms with van der Waals surface area (Å²) < 4.78 is 39.3. The van der Waals surface area contributed by atoms with Crippen LogP contribution in [0.15, 0.2) is 72.9 Å². The van der Waals surface area contributed by atoms with Crippen LogP contribution in [0, 0.1) is 0 Å². The second-order valence-electron chi connectivity index (χ2n) is 17.7. The van der Waals surface area contributed by atoms with E-state index in [0.717, 1.165) is 77.0 Å². The van der Waals surface area contributed by atoms with Gasteiger partial charge in [-0.2, -0.15) is 0 Å². The summed E-state index contributed by atoms with van der Waals surface area (Å²) in [6.45, 7) is 3.19. The van der Waals surface area contributed by atoms with E-state index >= 15 is 0 Å². The van der Waals surface area contributed by atoms with Crippen molar-refractivity contribution in [2.75, 3.05) is 13.2 Å². The third kappa shape index (κ3) is 29.8. The van der Waals surface area contributed by atoms with Crippen LogP contribution in [0.5, 0.6) is 0 Å². The number of carbonyl (C=O) groups excluding carboxylic acids is 2. The van der Waals surface area contributed by atoms with Crippen LogP contribution in [0.25, 0.3) is 0 Å². The number of unbranched alkanes of at least 4 members (excludes halogenated alkanes) is 14. The second kappa shape index (κ2) is 38.1. The molecule has 1 aliphatic heterocycles. The molecule has 0 radical (unpaired) electrons. The van der Waals surface area contributed by atoms with E-state index in [0.29, 0.717) is 19.3 Å². The lowest BCUT2D eigenvalue weighted by molar-refractivity contribution is -0.220. The summed E-state index contributed by atoms with van der Waals surface area (Å²) in [7, 11) is -5.15. The maximum atomic E-state index is 12.9. The zero-order valence-corrected chi connectivity index (χ0v) is 41.5. The molecule has 10 atom stereocenters. The van der Waals surface area contributed by atoms with Gasteiger partial charge in [-0.15, -0.1) is 0 Å². The topological polar surface area (TPSA) is 222 Å². The van der Waals surface area contributed by atoms with Gasteiger partial charge in [0.2, 0.25) is 0 Å². The molecule has 0 amide bonds. The van der Waals surface area contributed by atoms with Gasteiger partial charge in [0, 0.05) is 12.8 Å². The van der Waals surface area contributed by atoms with Gasteiger partial charge < -0.3 is 44.6 Å². The average molecular weight is 967 g/mol. The molecule has 0 aromatic rings. The molecule has 2 fully saturated rings. The Balaban J connectivity index is 1.71. The molecule has 0 spiro atoms. The fourth-order valence-electron chi connectivity index (χ4n) is 7.45. The predicted octanol–water partition coefficient (Wildman–Crippen LogP) is 9.66. The standard InChI is InChI=1S/C52H87O14P/c1-3-5-7-9-11-13-14-15-16-17-18-19-20-21-22-23-25-27-29-35-39-46(54)64-42(41-63-67(60,61)66-52-50(58)48(56)47(55)49(57)51(52)59)40-62-45(53)38-34-31-30-33-37-44-43(65-44)36-32-28-26-24-12-10-8-6-4-2/h12-14,16-17,19-20,24,28,30,32-33,42-44,47-52,55-59H,3-11,15,18,21-23,25-27,29,31,34-41H2,1-2H3,(H,60,61)/b14-13-,17-16-,20-19-,24-12-,32-28-,33-30-/t42-,43?,44?,47?,48-,49+,50-,51-,52?/m1/s1. The number of phosphoric acid groups is 1. The zero-order chi connectivity index (χ0) is 49.0. The number of hydrogen-bond acceptors (Lipinski definition) is 13. The second-order valence-corrected chi connectivity index (χ2v) is 19.1. The Labute approximate surface area is 401 Å². The third-order valence-electron chi connectivity index (χ3n) is 11.7. The van der Waals surface area contributed by atoms with Crippen molar-refractivity contribution >= 4 is 19.8 Å². The first-order chi connectivity index (χ1) is 32.4. The summed E-state index contributed by atoms with van der Waals surface area (Å²) in [6, 6.07) is 0. The van der Waals surface area contributed by atoms with E-state index in [1.807, 2.05) is 12.2 Å². The Morgan fingerprint density at radius 1 is 0.522 bits per heavy atom. The van der Waals surface area contributed by atoms with Crippen molar-refractivity contribution in [1.82, 2.24) is 0 Å². The third-order valence-corrected chi connectivity index (χ3v) is 12.7. The molecular formula is C52H87O14P. The monoisotopic (exact) mass is 967 g/mol. The van der Waals surface area contributed by atoms with Crippen LogP contribution in [0.3, 0.4) is 0 Å². The fraction of sp³-hybridized carbons (Fsp3) is 0.731. The number of esters is 2. The molecule has 14 nitrogen and oxygen atoms in total. The Hall–Kier alpha value is -2.75. The van der Waals surface area contributed by atoms with E-state index in [-0.39, 0.29) is 25.0 Å². The summed E-state index contributed by atoms with van der Waals surface area (Å²) in [5.74, 6) is -1.19. The Kier molecular flexibility index (Phi) is 34.3. The minimum absolute atomic E-state index is 0.0633. The number of allylic oxidation sites excluding steroid dienone is 10. The van der Waals surface area contributed by atoms with Crippen molar-refractivity contribution in [3.63, 3.8) is 0 Å². The normalized spacial score (nSPS) is 24.8. The number of aliphatic hydroxyl groups is 5. The first-order valence-electron chi connectivity index (χ1n) is 25.4. The molecule has 2 rings (SSSR count). The molecule has 2 aliphatic rings. The van der Waals surface area contributed by atoms with Gasteiger partial charge in [0.1, 0.15) is 43.2 Å². The summed E-state index contributed by atoms with van der Waals surface area (Å²) in [5, 5.41) is 50.3. The molecule has 0 aromatic carbocycles. The summed E-state index contributed by atoms with van der Waals surface area (Å²) in [5.41, 5.74) is 0. The Morgan fingerprint density at radius 2 is 0.940 bits per heavy atom. The number of ether oxygens (including phenoxy) is 3. The summed E-state index contributed by atoms with van der Waals surface area (Å²) in [6.07, 6.45) is 36.8. The number of rotatable bonds is 40. The molecule has 0 aromatic heterocycles. The highest BCUT2D eigenvalue weighted by atomic mass is 31.2. The van der Waals surface area contributed by atoms with Crippen molar-refractivity contribution < 1.29 is 67.8 Å². The van der Waals surface area contributed by atoms with Crippen LogP contribution in [0.1, 0.15) is 174 Å². The van der Waals surface area contributed by atoms with E-state index in [9.17, 15) is 44.6 Å². The zero-order valence-electron chi connectivity index (χ0n) is 40.6. The van der Waals surface area contributed by atoms with Gasteiger partial charge in [-0.05, 0) is 89.9 Å². The Bertz CT molecular complexity index is 1510. The summed E-state index contributed by atoms with van der Waals surface area (Å²) in [4.78, 5) is 35.9. The summed E-state index contributed by atoms with van der Waals surface area (Å²) >= 11 is 0. The molecular weight excluding hydrogens is 880 g/mol. The van der Waals surface area contributed by atoms with E-state index in [1.165, 1.54) is 51.4 Å². The maximum absolute atomic E-state index is 12.9. The molecule has 6 N–H and O–H groups in total. The smallest absolute Gasteiger partial charge is 0.462 e. The molecule has 1 heterocycles. The van der Waals surface area contributed by atoms with Gasteiger partial charge in [-0.3, -0.25) is 18.6 Å². The number of aliphatic hydroxyl groups excluding tert-OH is 5. The fourth-order valence-corrected chi connectivity index (χ4v) is 8.42. The molecule has 5 unspecified atom stereocenters. The van der Waals surface area contributed by atoms with E-state index in [4.69, 9.17) is 23.3 Å². The first-order valence-corrected chi connectivity index (χ1v) is 26.9. The minimum Gasteiger partial charge on any atom is -0.462 e. The van der Waals surface area contributed by atoms with Crippen LogP contribution in [0.4, 0.5) is 0 Å². The van der Waals surface area contributed by atoms with Crippen molar-refractivity contribution in [1.29, 1.82) is 0 Å².